The highest BCUT2D eigenvalue weighted by molar-refractivity contribution is 5.48. The molecule has 0 spiro atoms. The second kappa shape index (κ2) is 5.06. The minimum Gasteiger partial charge on any atom is -0.457 e. The molecule has 2 aromatic rings. The van der Waals surface area contributed by atoms with Crippen molar-refractivity contribution in [3.63, 3.8) is 0 Å². The summed E-state index contributed by atoms with van der Waals surface area (Å²) in [5.74, 6) is 7.52. The quantitative estimate of drug-likeness (QED) is 0.642. The molecule has 4 heteroatoms. The first-order valence-electron chi connectivity index (χ1n) is 5.79. The van der Waals surface area contributed by atoms with Crippen LogP contribution >= 0.6 is 0 Å². The molecule has 0 atom stereocenters. The van der Waals surface area contributed by atoms with Gasteiger partial charge in [-0.05, 0) is 43.5 Å². The van der Waals surface area contributed by atoms with Gasteiger partial charge in [0.05, 0.1) is 0 Å². The molecule has 0 saturated heterocycles. The number of aromatic nitrogens is 1. The third-order valence-electron chi connectivity index (χ3n) is 2.97. The number of aryl methyl sites for hydroxylation is 2. The average Bonchev–Trinajstić information content (AvgIpc) is 2.39. The van der Waals surface area contributed by atoms with Crippen LogP contribution in [-0.4, -0.2) is 4.98 Å². The molecule has 0 fully saturated rings. The lowest BCUT2D eigenvalue weighted by Crippen LogP contribution is -2.08. The molecule has 94 valence electrons. The summed E-state index contributed by atoms with van der Waals surface area (Å²) in [6.45, 7) is 6.16. The highest BCUT2D eigenvalue weighted by Gasteiger charge is 2.08. The Morgan fingerprint density at radius 2 is 1.83 bits per heavy atom. The van der Waals surface area contributed by atoms with E-state index in [-0.39, 0.29) is 0 Å². The standard InChI is InChI=1S/C14H17N3O/c1-9-4-5-10(2)14(11(9)3)18-12-6-7-16-13(8-12)17-15/h4-8H,15H2,1-3H3,(H,16,17). The maximum Gasteiger partial charge on any atom is 0.143 e. The van der Waals surface area contributed by atoms with E-state index >= 15 is 0 Å². The first-order chi connectivity index (χ1) is 8.61. The second-order valence-corrected chi connectivity index (χ2v) is 4.28. The zero-order valence-electron chi connectivity index (χ0n) is 10.8. The highest BCUT2D eigenvalue weighted by Crippen LogP contribution is 2.30. The Labute approximate surface area is 107 Å². The minimum absolute atomic E-state index is 0.579. The van der Waals surface area contributed by atoms with Crippen molar-refractivity contribution < 1.29 is 4.74 Å². The van der Waals surface area contributed by atoms with Crippen molar-refractivity contribution in [1.29, 1.82) is 0 Å². The molecule has 0 unspecified atom stereocenters. The molecule has 0 aliphatic rings. The predicted octanol–water partition coefficient (Wildman–Crippen LogP) is 3.08. The van der Waals surface area contributed by atoms with Gasteiger partial charge in [0.2, 0.25) is 0 Å². The highest BCUT2D eigenvalue weighted by atomic mass is 16.5. The van der Waals surface area contributed by atoms with Crippen LogP contribution in [0.2, 0.25) is 0 Å². The van der Waals surface area contributed by atoms with Gasteiger partial charge in [0.15, 0.2) is 0 Å². The number of ether oxygens (including phenoxy) is 1. The van der Waals surface area contributed by atoms with E-state index in [1.54, 1.807) is 12.3 Å². The Morgan fingerprint density at radius 3 is 2.56 bits per heavy atom. The predicted molar refractivity (Wildman–Crippen MR) is 72.8 cm³/mol. The second-order valence-electron chi connectivity index (χ2n) is 4.28. The molecular weight excluding hydrogens is 226 g/mol. The number of hydrazine groups is 1. The topological polar surface area (TPSA) is 60.2 Å². The van der Waals surface area contributed by atoms with Crippen molar-refractivity contribution in [1.82, 2.24) is 4.98 Å². The molecule has 1 heterocycles. The molecule has 0 saturated carbocycles. The molecular formula is C14H17N3O. The summed E-state index contributed by atoms with van der Waals surface area (Å²) in [6, 6.07) is 7.72. The SMILES string of the molecule is Cc1ccc(C)c(Oc2ccnc(NN)c2)c1C. The number of nitrogen functional groups attached to an aromatic ring is 1. The van der Waals surface area contributed by atoms with Crippen LogP contribution < -0.4 is 16.0 Å². The van der Waals surface area contributed by atoms with Crippen molar-refractivity contribution in [3.05, 3.63) is 47.2 Å². The van der Waals surface area contributed by atoms with E-state index in [2.05, 4.69) is 36.4 Å². The summed E-state index contributed by atoms with van der Waals surface area (Å²) in [5, 5.41) is 0. The Balaban J connectivity index is 2.36. The molecule has 18 heavy (non-hydrogen) atoms. The average molecular weight is 243 g/mol. The zero-order valence-corrected chi connectivity index (χ0v) is 10.8. The largest absolute Gasteiger partial charge is 0.457 e. The fourth-order valence-electron chi connectivity index (χ4n) is 1.75. The number of pyridine rings is 1. The maximum atomic E-state index is 5.93. The number of nitrogens with one attached hydrogen (secondary N) is 1. The van der Waals surface area contributed by atoms with E-state index in [0.29, 0.717) is 5.82 Å². The number of rotatable bonds is 3. The fraction of sp³-hybridized carbons (Fsp3) is 0.214. The van der Waals surface area contributed by atoms with Crippen LogP contribution in [0.1, 0.15) is 16.7 Å². The molecule has 1 aromatic heterocycles. The van der Waals surface area contributed by atoms with Gasteiger partial charge in [-0.25, -0.2) is 10.8 Å². The van der Waals surface area contributed by atoms with Crippen molar-refractivity contribution >= 4 is 5.82 Å². The van der Waals surface area contributed by atoms with Gasteiger partial charge >= 0.3 is 0 Å². The van der Waals surface area contributed by atoms with E-state index < -0.39 is 0 Å². The van der Waals surface area contributed by atoms with Gasteiger partial charge in [-0.3, -0.25) is 0 Å². The van der Waals surface area contributed by atoms with Gasteiger partial charge in [-0.2, -0.15) is 0 Å². The molecule has 0 radical (unpaired) electrons. The Bertz CT molecular complexity index is 567. The maximum absolute atomic E-state index is 5.93. The van der Waals surface area contributed by atoms with Crippen molar-refractivity contribution in [2.45, 2.75) is 20.8 Å². The molecule has 0 bridgehead atoms. The summed E-state index contributed by atoms with van der Waals surface area (Å²) in [4.78, 5) is 4.05. The third kappa shape index (κ3) is 2.43. The van der Waals surface area contributed by atoms with Crippen molar-refractivity contribution in [2.75, 3.05) is 5.43 Å². The molecule has 0 aliphatic heterocycles. The number of hydrogen-bond donors (Lipinski definition) is 2. The Morgan fingerprint density at radius 1 is 1.11 bits per heavy atom. The van der Waals surface area contributed by atoms with E-state index in [9.17, 15) is 0 Å². The third-order valence-corrected chi connectivity index (χ3v) is 2.97. The lowest BCUT2D eigenvalue weighted by molar-refractivity contribution is 0.474. The van der Waals surface area contributed by atoms with Crippen LogP contribution in [0.25, 0.3) is 0 Å². The van der Waals surface area contributed by atoms with Crippen LogP contribution in [0.4, 0.5) is 5.82 Å². The number of nitrogens with zero attached hydrogens (tertiary/aromatic N) is 1. The van der Waals surface area contributed by atoms with E-state index in [0.717, 1.165) is 22.6 Å². The van der Waals surface area contributed by atoms with Crippen LogP contribution in [-0.2, 0) is 0 Å². The first kappa shape index (κ1) is 12.4. The zero-order chi connectivity index (χ0) is 13.1. The van der Waals surface area contributed by atoms with E-state index in [1.807, 2.05) is 13.0 Å². The summed E-state index contributed by atoms with van der Waals surface area (Å²) in [5.41, 5.74) is 5.97. The Kier molecular flexibility index (Phi) is 3.48. The van der Waals surface area contributed by atoms with E-state index in [1.165, 1.54) is 5.56 Å². The van der Waals surface area contributed by atoms with Crippen molar-refractivity contribution in [3.8, 4) is 11.5 Å². The van der Waals surface area contributed by atoms with Crippen LogP contribution in [0.5, 0.6) is 11.5 Å². The van der Waals surface area contributed by atoms with Crippen LogP contribution in [0.3, 0.4) is 0 Å². The fourth-order valence-corrected chi connectivity index (χ4v) is 1.75. The van der Waals surface area contributed by atoms with Gasteiger partial charge < -0.3 is 10.2 Å². The summed E-state index contributed by atoms with van der Waals surface area (Å²) >= 11 is 0. The Hall–Kier alpha value is -2.07. The monoisotopic (exact) mass is 243 g/mol. The van der Waals surface area contributed by atoms with Gasteiger partial charge in [-0.15, -0.1) is 0 Å². The van der Waals surface area contributed by atoms with Crippen LogP contribution in [0.15, 0.2) is 30.5 Å². The number of benzene rings is 1. The van der Waals surface area contributed by atoms with Gasteiger partial charge in [0.25, 0.3) is 0 Å². The van der Waals surface area contributed by atoms with Crippen LogP contribution in [0, 0.1) is 20.8 Å². The molecule has 4 nitrogen and oxygen atoms in total. The summed E-state index contributed by atoms with van der Waals surface area (Å²) < 4.78 is 5.93. The van der Waals surface area contributed by atoms with E-state index in [4.69, 9.17) is 10.6 Å². The number of anilines is 1. The minimum atomic E-state index is 0.579. The number of nitrogens with two attached hydrogens (primary N) is 1. The molecule has 3 N–H and O–H groups in total. The smallest absolute Gasteiger partial charge is 0.143 e. The molecule has 2 rings (SSSR count). The van der Waals surface area contributed by atoms with Gasteiger partial charge in [0, 0.05) is 12.3 Å². The normalized spacial score (nSPS) is 10.2. The molecule has 0 amide bonds. The first-order valence-corrected chi connectivity index (χ1v) is 5.79. The van der Waals surface area contributed by atoms with Gasteiger partial charge in [0.1, 0.15) is 17.3 Å². The summed E-state index contributed by atoms with van der Waals surface area (Å²) in [6.07, 6.45) is 1.66. The number of hydrogen-bond acceptors (Lipinski definition) is 4. The summed E-state index contributed by atoms with van der Waals surface area (Å²) in [7, 11) is 0. The lowest BCUT2D eigenvalue weighted by atomic mass is 10.1. The molecule has 1 aromatic carbocycles. The van der Waals surface area contributed by atoms with Crippen molar-refractivity contribution in [2.24, 2.45) is 5.84 Å². The van der Waals surface area contributed by atoms with Gasteiger partial charge in [-0.1, -0.05) is 12.1 Å². The lowest BCUT2D eigenvalue weighted by Gasteiger charge is -2.14. The molecule has 0 aliphatic carbocycles.